The Morgan fingerprint density at radius 3 is 2.78 bits per heavy atom. The molecule has 96 valence electrons. The van der Waals surface area contributed by atoms with E-state index < -0.39 is 0 Å². The summed E-state index contributed by atoms with van der Waals surface area (Å²) < 4.78 is 0. The maximum absolute atomic E-state index is 12.2. The summed E-state index contributed by atoms with van der Waals surface area (Å²) in [5, 5.41) is 10.7. The van der Waals surface area contributed by atoms with Gasteiger partial charge < -0.3 is 10.2 Å². The molecule has 2 atom stereocenters. The molecule has 0 saturated carbocycles. The number of carbonyl (C=O) groups excluding carboxylic acids is 1. The van der Waals surface area contributed by atoms with Crippen molar-refractivity contribution in [3.05, 3.63) is 24.0 Å². The van der Waals surface area contributed by atoms with Gasteiger partial charge in [-0.05, 0) is 44.2 Å². The van der Waals surface area contributed by atoms with Crippen LogP contribution in [0.4, 0.5) is 4.79 Å². The molecule has 2 fully saturated rings. The van der Waals surface area contributed by atoms with Crippen molar-refractivity contribution < 1.29 is 4.79 Å². The first-order valence-corrected chi connectivity index (χ1v) is 6.67. The Hall–Kier alpha value is -1.65. The molecule has 2 amide bonds. The fourth-order valence-corrected chi connectivity index (χ4v) is 3.13. The average molecular weight is 246 g/mol. The van der Waals surface area contributed by atoms with Gasteiger partial charge in [0.05, 0.1) is 12.2 Å². The SMILES string of the molecule is O=C(NCc1cccnn1)N1C2CCCC1CC2. The lowest BCUT2D eigenvalue weighted by molar-refractivity contribution is 0.146. The Morgan fingerprint density at radius 1 is 1.33 bits per heavy atom. The second-order valence-electron chi connectivity index (χ2n) is 5.10. The molecule has 3 heterocycles. The summed E-state index contributed by atoms with van der Waals surface area (Å²) in [5.74, 6) is 0. The van der Waals surface area contributed by atoms with Crippen molar-refractivity contribution in [2.45, 2.75) is 50.7 Å². The van der Waals surface area contributed by atoms with Crippen LogP contribution in [0.1, 0.15) is 37.8 Å². The van der Waals surface area contributed by atoms with E-state index in [1.807, 2.05) is 12.1 Å². The molecule has 5 heteroatoms. The molecule has 0 spiro atoms. The Morgan fingerprint density at radius 2 is 2.11 bits per heavy atom. The molecule has 1 aromatic heterocycles. The van der Waals surface area contributed by atoms with E-state index in [-0.39, 0.29) is 6.03 Å². The molecule has 1 N–H and O–H groups in total. The van der Waals surface area contributed by atoms with Crippen LogP contribution in [0.15, 0.2) is 18.3 Å². The van der Waals surface area contributed by atoms with Gasteiger partial charge in [0, 0.05) is 18.3 Å². The van der Waals surface area contributed by atoms with Gasteiger partial charge in [-0.15, -0.1) is 0 Å². The summed E-state index contributed by atoms with van der Waals surface area (Å²) in [6, 6.07) is 4.70. The van der Waals surface area contributed by atoms with Crippen LogP contribution in [0.2, 0.25) is 0 Å². The van der Waals surface area contributed by atoms with Gasteiger partial charge >= 0.3 is 6.03 Å². The lowest BCUT2D eigenvalue weighted by Gasteiger charge is -2.34. The molecule has 18 heavy (non-hydrogen) atoms. The predicted octanol–water partition coefficient (Wildman–Crippen LogP) is 1.70. The maximum Gasteiger partial charge on any atom is 0.318 e. The van der Waals surface area contributed by atoms with Gasteiger partial charge in [0.15, 0.2) is 0 Å². The van der Waals surface area contributed by atoms with E-state index in [1.165, 1.54) is 19.3 Å². The van der Waals surface area contributed by atoms with Crippen LogP contribution in [0.5, 0.6) is 0 Å². The number of carbonyl (C=O) groups is 1. The maximum atomic E-state index is 12.2. The number of hydrogen-bond acceptors (Lipinski definition) is 3. The Balaban J connectivity index is 1.59. The Labute approximate surface area is 107 Å². The number of piperidine rings is 1. The highest BCUT2D eigenvalue weighted by atomic mass is 16.2. The van der Waals surface area contributed by atoms with Crippen molar-refractivity contribution in [1.29, 1.82) is 0 Å². The zero-order valence-corrected chi connectivity index (χ0v) is 10.4. The lowest BCUT2D eigenvalue weighted by Crippen LogP contribution is -2.48. The average Bonchev–Trinajstić information content (AvgIpc) is 2.67. The molecule has 2 bridgehead atoms. The van der Waals surface area contributed by atoms with Gasteiger partial charge in [-0.1, -0.05) is 0 Å². The first-order chi connectivity index (χ1) is 8.84. The monoisotopic (exact) mass is 246 g/mol. The van der Waals surface area contributed by atoms with E-state index in [4.69, 9.17) is 0 Å². The van der Waals surface area contributed by atoms with E-state index in [0.29, 0.717) is 18.6 Å². The third-order valence-corrected chi connectivity index (χ3v) is 3.98. The molecule has 5 nitrogen and oxygen atoms in total. The number of nitrogens with zero attached hydrogens (tertiary/aromatic N) is 3. The summed E-state index contributed by atoms with van der Waals surface area (Å²) in [7, 11) is 0. The fourth-order valence-electron chi connectivity index (χ4n) is 3.13. The quantitative estimate of drug-likeness (QED) is 0.864. The number of amides is 2. The highest BCUT2D eigenvalue weighted by Gasteiger charge is 2.39. The third-order valence-electron chi connectivity index (χ3n) is 3.98. The van der Waals surface area contributed by atoms with E-state index in [9.17, 15) is 4.79 Å². The van der Waals surface area contributed by atoms with Gasteiger partial charge in [0.2, 0.25) is 0 Å². The lowest BCUT2D eigenvalue weighted by atomic mass is 10.0. The van der Waals surface area contributed by atoms with E-state index in [0.717, 1.165) is 18.5 Å². The summed E-state index contributed by atoms with van der Waals surface area (Å²) in [4.78, 5) is 14.3. The number of rotatable bonds is 2. The molecule has 0 radical (unpaired) electrons. The van der Waals surface area contributed by atoms with Crippen LogP contribution >= 0.6 is 0 Å². The van der Waals surface area contributed by atoms with Crippen LogP contribution in [0, 0.1) is 0 Å². The molecule has 0 aromatic carbocycles. The molecule has 2 aliphatic rings. The fraction of sp³-hybridized carbons (Fsp3) is 0.615. The van der Waals surface area contributed by atoms with Crippen molar-refractivity contribution >= 4 is 6.03 Å². The highest BCUT2D eigenvalue weighted by molar-refractivity contribution is 5.75. The minimum absolute atomic E-state index is 0.0628. The zero-order valence-electron chi connectivity index (χ0n) is 10.4. The van der Waals surface area contributed by atoms with Gasteiger partial charge in [-0.2, -0.15) is 10.2 Å². The minimum atomic E-state index is 0.0628. The van der Waals surface area contributed by atoms with Crippen LogP contribution in [-0.4, -0.2) is 33.2 Å². The van der Waals surface area contributed by atoms with Crippen LogP contribution in [0.3, 0.4) is 0 Å². The molecule has 2 aliphatic heterocycles. The van der Waals surface area contributed by atoms with Gasteiger partial charge in [0.1, 0.15) is 0 Å². The van der Waals surface area contributed by atoms with Crippen molar-refractivity contribution in [2.75, 3.05) is 0 Å². The van der Waals surface area contributed by atoms with E-state index in [1.54, 1.807) is 6.20 Å². The van der Waals surface area contributed by atoms with Crippen molar-refractivity contribution in [2.24, 2.45) is 0 Å². The highest BCUT2D eigenvalue weighted by Crippen LogP contribution is 2.35. The molecular formula is C13H18N4O. The normalized spacial score (nSPS) is 26.1. The number of nitrogens with one attached hydrogen (secondary N) is 1. The van der Waals surface area contributed by atoms with Crippen molar-refractivity contribution in [3.63, 3.8) is 0 Å². The van der Waals surface area contributed by atoms with E-state index in [2.05, 4.69) is 20.4 Å². The molecule has 1 aromatic rings. The Bertz CT molecular complexity index is 406. The van der Waals surface area contributed by atoms with Crippen molar-refractivity contribution in [1.82, 2.24) is 20.4 Å². The topological polar surface area (TPSA) is 58.1 Å². The Kier molecular flexibility index (Phi) is 3.13. The number of urea groups is 1. The largest absolute Gasteiger partial charge is 0.332 e. The molecular weight excluding hydrogens is 228 g/mol. The van der Waals surface area contributed by atoms with Gasteiger partial charge in [0.25, 0.3) is 0 Å². The number of fused-ring (bicyclic) bond motifs is 2. The standard InChI is InChI=1S/C13H18N4O/c18-13(14-9-10-3-2-8-15-16-10)17-11-4-1-5-12(17)7-6-11/h2-3,8,11-12H,1,4-7,9H2,(H,14,18). The smallest absolute Gasteiger partial charge is 0.318 e. The van der Waals surface area contributed by atoms with E-state index >= 15 is 0 Å². The summed E-state index contributed by atoms with van der Waals surface area (Å²) >= 11 is 0. The van der Waals surface area contributed by atoms with Gasteiger partial charge in [-0.3, -0.25) is 0 Å². The molecule has 2 unspecified atom stereocenters. The first kappa shape index (κ1) is 11.4. The van der Waals surface area contributed by atoms with Crippen LogP contribution in [-0.2, 0) is 6.54 Å². The number of aromatic nitrogens is 2. The second-order valence-corrected chi connectivity index (χ2v) is 5.10. The number of hydrogen-bond donors (Lipinski definition) is 1. The van der Waals surface area contributed by atoms with Crippen LogP contribution in [0.25, 0.3) is 0 Å². The van der Waals surface area contributed by atoms with Gasteiger partial charge in [-0.25, -0.2) is 4.79 Å². The first-order valence-electron chi connectivity index (χ1n) is 6.67. The van der Waals surface area contributed by atoms with Crippen LogP contribution < -0.4 is 5.32 Å². The van der Waals surface area contributed by atoms with Crippen molar-refractivity contribution in [3.8, 4) is 0 Å². The molecule has 0 aliphatic carbocycles. The summed E-state index contributed by atoms with van der Waals surface area (Å²) in [5.41, 5.74) is 0.801. The summed E-state index contributed by atoms with van der Waals surface area (Å²) in [6.45, 7) is 0.461. The predicted molar refractivity (Wildman–Crippen MR) is 66.8 cm³/mol. The zero-order chi connectivity index (χ0) is 12.4. The third kappa shape index (κ3) is 2.17. The summed E-state index contributed by atoms with van der Waals surface area (Å²) in [6.07, 6.45) is 7.57. The second kappa shape index (κ2) is 4.92. The minimum Gasteiger partial charge on any atom is -0.332 e. The molecule has 2 saturated heterocycles. The molecule has 3 rings (SSSR count).